The number of fused-ring (bicyclic) bond motifs is 1. The maximum atomic E-state index is 11.9. The molecule has 27 heavy (non-hydrogen) atoms. The van der Waals surface area contributed by atoms with E-state index in [0.29, 0.717) is 11.2 Å². The Morgan fingerprint density at radius 1 is 1.22 bits per heavy atom. The highest BCUT2D eigenvalue weighted by atomic mass is 31.3. The number of aromatic nitrogens is 4. The van der Waals surface area contributed by atoms with Gasteiger partial charge in [0, 0.05) is 0 Å². The molecule has 2 aromatic rings. The monoisotopic (exact) mass is 427 g/mol. The molecule has 16 heteroatoms. The first-order valence-corrected chi connectivity index (χ1v) is 10.7. The quantitative estimate of drug-likeness (QED) is 0.274. The number of anilines is 1. The van der Waals surface area contributed by atoms with Crippen LogP contribution in [0, 0.1) is 0 Å². The summed E-state index contributed by atoms with van der Waals surface area (Å²) in [6.07, 6.45) is 0.626. The molecule has 2 heterocycles. The molecule has 0 aliphatic heterocycles. The lowest BCUT2D eigenvalue weighted by atomic mass is 10.3. The van der Waals surface area contributed by atoms with Gasteiger partial charge in [0.15, 0.2) is 11.5 Å². The number of imidazole rings is 1. The predicted octanol–water partition coefficient (Wildman–Crippen LogP) is -0.945. The Morgan fingerprint density at radius 2 is 1.96 bits per heavy atom. The number of phosphoric ester groups is 1. The Kier molecular flexibility index (Phi) is 7.40. The van der Waals surface area contributed by atoms with Crippen molar-refractivity contribution >= 4 is 32.4 Å². The highest BCUT2D eigenvalue weighted by molar-refractivity contribution is 7.63. The lowest BCUT2D eigenvalue weighted by molar-refractivity contribution is 0.0198. The lowest BCUT2D eigenvalue weighted by Crippen LogP contribution is -2.24. The molecule has 0 saturated carbocycles. The van der Waals surface area contributed by atoms with Gasteiger partial charge in [-0.3, -0.25) is 9.09 Å². The van der Waals surface area contributed by atoms with Crippen molar-refractivity contribution in [3.63, 3.8) is 0 Å². The maximum Gasteiger partial charge on any atom is 0.479 e. The summed E-state index contributed by atoms with van der Waals surface area (Å²) in [5, 5.41) is 17.9. The third kappa shape index (κ3) is 6.28. The van der Waals surface area contributed by atoms with Gasteiger partial charge in [-0.2, -0.15) is 0 Å². The third-order valence-corrected chi connectivity index (χ3v) is 5.91. The molecule has 0 aromatic carbocycles. The molecule has 2 unspecified atom stereocenters. The van der Waals surface area contributed by atoms with E-state index in [4.69, 9.17) is 15.6 Å². The van der Waals surface area contributed by atoms with Crippen LogP contribution in [0.4, 0.5) is 5.82 Å². The number of nitrogens with zero attached hydrogens (tertiary/aromatic N) is 4. The van der Waals surface area contributed by atoms with Crippen molar-refractivity contribution < 1.29 is 42.7 Å². The Hall–Kier alpha value is -1.47. The molecule has 0 bridgehead atoms. The van der Waals surface area contributed by atoms with Crippen LogP contribution >= 0.6 is 15.4 Å². The van der Waals surface area contributed by atoms with E-state index in [9.17, 15) is 24.0 Å². The first kappa shape index (κ1) is 21.8. The Morgan fingerprint density at radius 3 is 2.63 bits per heavy atom. The van der Waals surface area contributed by atoms with E-state index in [1.165, 1.54) is 17.2 Å². The number of aliphatic hydroxyl groups excluding tert-OH is 2. The minimum Gasteiger partial charge on any atom is -0.394 e. The fraction of sp³-hybridized carbons (Fsp3) is 0.545. The summed E-state index contributed by atoms with van der Waals surface area (Å²) in [4.78, 5) is 30.7. The van der Waals surface area contributed by atoms with Crippen molar-refractivity contribution in [2.75, 3.05) is 31.9 Å². The summed E-state index contributed by atoms with van der Waals surface area (Å²) < 4.78 is 38.4. The van der Waals surface area contributed by atoms with Gasteiger partial charge in [0.25, 0.3) is 0 Å². The first-order valence-electron chi connectivity index (χ1n) is 7.42. The molecule has 0 amide bonds. The number of phosphoric acid groups is 1. The van der Waals surface area contributed by atoms with Crippen molar-refractivity contribution in [1.82, 2.24) is 19.5 Å². The fourth-order valence-electron chi connectivity index (χ4n) is 1.98. The van der Waals surface area contributed by atoms with Crippen LogP contribution in [0.25, 0.3) is 11.2 Å². The van der Waals surface area contributed by atoms with E-state index >= 15 is 0 Å². The van der Waals surface area contributed by atoms with Gasteiger partial charge in [-0.05, 0) is 0 Å². The van der Waals surface area contributed by atoms with Crippen LogP contribution in [0.1, 0.15) is 0 Å². The van der Waals surface area contributed by atoms with Crippen LogP contribution < -0.4 is 5.73 Å². The zero-order valence-corrected chi connectivity index (χ0v) is 15.6. The van der Waals surface area contributed by atoms with Crippen molar-refractivity contribution in [3.05, 3.63) is 12.7 Å². The molecular weight excluding hydrogens is 408 g/mol. The molecule has 6 N–H and O–H groups in total. The van der Waals surface area contributed by atoms with Crippen molar-refractivity contribution in [3.8, 4) is 0 Å². The zero-order valence-electron chi connectivity index (χ0n) is 13.9. The summed E-state index contributed by atoms with van der Waals surface area (Å²) in [5.74, 6) is 0.162. The predicted molar refractivity (Wildman–Crippen MR) is 90.3 cm³/mol. The number of nitrogen functional groups attached to an aromatic ring is 1. The van der Waals surface area contributed by atoms with Crippen LogP contribution in [0.3, 0.4) is 0 Å². The number of aliphatic hydroxyl groups is 2. The van der Waals surface area contributed by atoms with E-state index in [1.807, 2.05) is 0 Å². The summed E-state index contributed by atoms with van der Waals surface area (Å²) in [5.41, 5.74) is 6.38. The Bertz CT molecular complexity index is 862. The second-order valence-electron chi connectivity index (χ2n) is 5.17. The van der Waals surface area contributed by atoms with E-state index in [2.05, 4.69) is 23.8 Å². The molecule has 2 aromatic heterocycles. The summed E-state index contributed by atoms with van der Waals surface area (Å²) in [6, 6.07) is 0. The van der Waals surface area contributed by atoms with Crippen LogP contribution in [0.15, 0.2) is 12.7 Å². The van der Waals surface area contributed by atoms with Gasteiger partial charge in [0.05, 0.1) is 38.8 Å². The van der Waals surface area contributed by atoms with Gasteiger partial charge in [-0.25, -0.2) is 23.8 Å². The third-order valence-electron chi connectivity index (χ3n) is 3.08. The molecule has 0 aliphatic carbocycles. The Labute approximate surface area is 152 Å². The first-order chi connectivity index (χ1) is 12.7. The van der Waals surface area contributed by atoms with E-state index in [0.717, 1.165) is 0 Å². The average Bonchev–Trinajstić information content (AvgIpc) is 3.00. The molecule has 0 aliphatic rings. The summed E-state index contributed by atoms with van der Waals surface area (Å²) in [6.45, 7) is -1.70. The smallest absolute Gasteiger partial charge is 0.394 e. The second kappa shape index (κ2) is 9.15. The largest absolute Gasteiger partial charge is 0.479 e. The van der Waals surface area contributed by atoms with Crippen molar-refractivity contribution in [2.24, 2.45) is 0 Å². The molecule has 3 atom stereocenters. The topological polar surface area (TPSA) is 212 Å². The van der Waals surface area contributed by atoms with Gasteiger partial charge in [0.1, 0.15) is 18.2 Å². The van der Waals surface area contributed by atoms with Crippen molar-refractivity contribution in [2.45, 2.75) is 12.6 Å². The van der Waals surface area contributed by atoms with E-state index in [-0.39, 0.29) is 12.4 Å². The summed E-state index contributed by atoms with van der Waals surface area (Å²) >= 11 is 0. The van der Waals surface area contributed by atoms with Gasteiger partial charge >= 0.3 is 15.4 Å². The second-order valence-corrected chi connectivity index (χ2v) is 8.55. The van der Waals surface area contributed by atoms with Crippen LogP contribution in [0.2, 0.25) is 0 Å². The lowest BCUT2D eigenvalue weighted by Gasteiger charge is -2.20. The molecule has 0 spiro atoms. The van der Waals surface area contributed by atoms with Gasteiger partial charge in [0.2, 0.25) is 0 Å². The minimum atomic E-state index is -4.86. The number of hydrogen-bond donors (Lipinski definition) is 5. The van der Waals surface area contributed by atoms with Gasteiger partial charge in [-0.15, -0.1) is 0 Å². The van der Waals surface area contributed by atoms with Crippen LogP contribution in [-0.2, 0) is 29.2 Å². The number of rotatable bonds is 11. The highest BCUT2D eigenvalue weighted by Crippen LogP contribution is 2.59. The van der Waals surface area contributed by atoms with Crippen LogP contribution in [-0.4, -0.2) is 71.8 Å². The summed E-state index contributed by atoms with van der Waals surface area (Å²) in [7, 11) is -9.55. The highest BCUT2D eigenvalue weighted by Gasteiger charge is 2.34. The van der Waals surface area contributed by atoms with Crippen molar-refractivity contribution in [1.29, 1.82) is 0 Å². The molecular formula is C11H19N5O9P2. The number of ether oxygens (including phenoxy) is 1. The van der Waals surface area contributed by atoms with Crippen LogP contribution in [0.5, 0.6) is 0 Å². The van der Waals surface area contributed by atoms with Gasteiger partial charge < -0.3 is 35.0 Å². The number of hydrogen-bond acceptors (Lipinski definition) is 11. The SMILES string of the molecule is Nc1ncnc2c1ncn2C[C@@H](CO)OCP(=O)(O)OP(=O)(O)OCCO. The molecule has 152 valence electrons. The molecule has 0 saturated heterocycles. The average molecular weight is 427 g/mol. The number of nitrogens with two attached hydrogens (primary N) is 1. The van der Waals surface area contributed by atoms with E-state index in [1.54, 1.807) is 0 Å². The molecule has 0 radical (unpaired) electrons. The Balaban J connectivity index is 1.99. The normalized spacial score (nSPS) is 17.5. The maximum absolute atomic E-state index is 11.9. The standard InChI is InChI=1S/C11H19N5O9P2/c12-10-9-11(14-5-13-10)16(6-15-9)3-8(4-18)23-7-26(19,20)25-27(21,22)24-2-1-17/h5-6,8,17-18H,1-4,7H2,(H,19,20)(H,21,22)(H2,12,13,14)/t8-/m0/s1. The molecule has 14 nitrogen and oxygen atoms in total. The zero-order chi connectivity index (χ0) is 20.1. The van der Waals surface area contributed by atoms with E-state index < -0.39 is 47.7 Å². The molecule has 0 fully saturated rings. The molecule has 2 rings (SSSR count). The minimum absolute atomic E-state index is 0.0126. The van der Waals surface area contributed by atoms with Gasteiger partial charge in [-0.1, -0.05) is 0 Å². The fourth-order valence-corrected chi connectivity index (χ4v) is 4.36.